The lowest BCUT2D eigenvalue weighted by Gasteiger charge is -1.93. The molecule has 0 saturated heterocycles. The number of furan rings is 1. The SMILES string of the molecule is CC(=O)SCC=Cc1ccc2occc2c1. The summed E-state index contributed by atoms with van der Waals surface area (Å²) in [7, 11) is 0. The second-order valence-electron chi connectivity index (χ2n) is 3.42. The van der Waals surface area contributed by atoms with Crippen LogP contribution < -0.4 is 0 Å². The van der Waals surface area contributed by atoms with E-state index in [2.05, 4.69) is 6.07 Å². The number of thioether (sulfide) groups is 1. The van der Waals surface area contributed by atoms with E-state index in [0.717, 1.165) is 22.3 Å². The van der Waals surface area contributed by atoms with Gasteiger partial charge in [-0.25, -0.2) is 0 Å². The van der Waals surface area contributed by atoms with Gasteiger partial charge in [0.2, 0.25) is 0 Å². The van der Waals surface area contributed by atoms with Crippen LogP contribution in [-0.4, -0.2) is 10.9 Å². The van der Waals surface area contributed by atoms with Gasteiger partial charge in [0, 0.05) is 18.1 Å². The van der Waals surface area contributed by atoms with Crippen LogP contribution in [0.15, 0.2) is 41.0 Å². The maximum absolute atomic E-state index is 10.7. The second-order valence-corrected chi connectivity index (χ2v) is 4.62. The minimum Gasteiger partial charge on any atom is -0.464 e. The highest BCUT2D eigenvalue weighted by molar-refractivity contribution is 8.13. The zero-order valence-corrected chi connectivity index (χ0v) is 9.79. The third-order valence-electron chi connectivity index (χ3n) is 2.17. The van der Waals surface area contributed by atoms with Crippen LogP contribution in [0.25, 0.3) is 17.0 Å². The van der Waals surface area contributed by atoms with Crippen molar-refractivity contribution in [1.82, 2.24) is 0 Å². The smallest absolute Gasteiger partial charge is 0.186 e. The van der Waals surface area contributed by atoms with Crippen LogP contribution in [0.3, 0.4) is 0 Å². The van der Waals surface area contributed by atoms with Crippen molar-refractivity contribution in [2.24, 2.45) is 0 Å². The molecule has 82 valence electrons. The third kappa shape index (κ3) is 2.76. The Labute approximate surface area is 98.3 Å². The summed E-state index contributed by atoms with van der Waals surface area (Å²) in [6.45, 7) is 1.58. The van der Waals surface area contributed by atoms with Crippen molar-refractivity contribution in [2.45, 2.75) is 6.92 Å². The molecule has 0 aliphatic heterocycles. The van der Waals surface area contributed by atoms with Crippen molar-refractivity contribution in [3.8, 4) is 0 Å². The number of carbonyl (C=O) groups excluding carboxylic acids is 1. The monoisotopic (exact) mass is 232 g/mol. The summed E-state index contributed by atoms with van der Waals surface area (Å²) < 4.78 is 5.26. The van der Waals surface area contributed by atoms with E-state index in [1.165, 1.54) is 11.8 Å². The normalized spacial score (nSPS) is 11.3. The molecule has 0 bridgehead atoms. The number of benzene rings is 1. The van der Waals surface area contributed by atoms with E-state index in [4.69, 9.17) is 4.42 Å². The van der Waals surface area contributed by atoms with Crippen LogP contribution in [0, 0.1) is 0 Å². The molecule has 0 unspecified atom stereocenters. The first-order valence-corrected chi connectivity index (χ1v) is 6.01. The van der Waals surface area contributed by atoms with Crippen molar-refractivity contribution >= 4 is 33.9 Å². The fraction of sp³-hybridized carbons (Fsp3) is 0.154. The van der Waals surface area contributed by atoms with Crippen LogP contribution in [0.4, 0.5) is 0 Å². The van der Waals surface area contributed by atoms with E-state index in [-0.39, 0.29) is 5.12 Å². The minimum atomic E-state index is 0.148. The lowest BCUT2D eigenvalue weighted by atomic mass is 10.1. The van der Waals surface area contributed by atoms with E-state index < -0.39 is 0 Å². The fourth-order valence-electron chi connectivity index (χ4n) is 1.44. The molecule has 0 atom stereocenters. The van der Waals surface area contributed by atoms with Crippen molar-refractivity contribution in [1.29, 1.82) is 0 Å². The van der Waals surface area contributed by atoms with Gasteiger partial charge >= 0.3 is 0 Å². The highest BCUT2D eigenvalue weighted by Crippen LogP contribution is 2.17. The van der Waals surface area contributed by atoms with Gasteiger partial charge in [-0.05, 0) is 23.8 Å². The topological polar surface area (TPSA) is 30.2 Å². The second kappa shape index (κ2) is 5.03. The largest absolute Gasteiger partial charge is 0.464 e. The zero-order chi connectivity index (χ0) is 11.4. The van der Waals surface area contributed by atoms with E-state index in [0.29, 0.717) is 0 Å². The molecule has 1 aromatic heterocycles. The average Bonchev–Trinajstić information content (AvgIpc) is 2.71. The predicted octanol–water partition coefficient (Wildman–Crippen LogP) is 3.73. The highest BCUT2D eigenvalue weighted by Gasteiger charge is 1.96. The molecule has 0 aliphatic carbocycles. The molecule has 2 nitrogen and oxygen atoms in total. The predicted molar refractivity (Wildman–Crippen MR) is 68.4 cm³/mol. The van der Waals surface area contributed by atoms with Gasteiger partial charge in [-0.2, -0.15) is 0 Å². The van der Waals surface area contributed by atoms with E-state index in [9.17, 15) is 4.79 Å². The maximum atomic E-state index is 10.7. The summed E-state index contributed by atoms with van der Waals surface area (Å²) >= 11 is 1.31. The Balaban J connectivity index is 2.06. The lowest BCUT2D eigenvalue weighted by molar-refractivity contribution is -0.109. The number of rotatable bonds is 3. The van der Waals surface area contributed by atoms with Crippen molar-refractivity contribution in [2.75, 3.05) is 5.75 Å². The van der Waals surface area contributed by atoms with Crippen molar-refractivity contribution in [3.05, 3.63) is 42.2 Å². The van der Waals surface area contributed by atoms with Crippen LogP contribution >= 0.6 is 11.8 Å². The summed E-state index contributed by atoms with van der Waals surface area (Å²) in [4.78, 5) is 10.7. The Morgan fingerprint density at radius 3 is 3.12 bits per heavy atom. The molecule has 0 N–H and O–H groups in total. The molecule has 2 aromatic rings. The Morgan fingerprint density at radius 2 is 2.31 bits per heavy atom. The van der Waals surface area contributed by atoms with Crippen molar-refractivity contribution < 1.29 is 9.21 Å². The molecule has 2 rings (SSSR count). The minimum absolute atomic E-state index is 0.148. The fourth-order valence-corrected chi connectivity index (χ4v) is 1.87. The summed E-state index contributed by atoms with van der Waals surface area (Å²) in [6, 6.07) is 7.96. The number of hydrogen-bond acceptors (Lipinski definition) is 3. The average molecular weight is 232 g/mol. The molecule has 16 heavy (non-hydrogen) atoms. The lowest BCUT2D eigenvalue weighted by Crippen LogP contribution is -1.81. The summed E-state index contributed by atoms with van der Waals surface area (Å²) in [5, 5.41) is 1.25. The summed E-state index contributed by atoms with van der Waals surface area (Å²) in [6.07, 6.45) is 5.69. The molecule has 0 saturated carbocycles. The van der Waals surface area contributed by atoms with Gasteiger partial charge in [-0.3, -0.25) is 4.79 Å². The van der Waals surface area contributed by atoms with Gasteiger partial charge < -0.3 is 4.42 Å². The first kappa shape index (κ1) is 11.0. The van der Waals surface area contributed by atoms with Crippen LogP contribution in [0.2, 0.25) is 0 Å². The molecule has 0 radical (unpaired) electrons. The molecule has 0 fully saturated rings. The number of hydrogen-bond donors (Lipinski definition) is 0. The molecule has 0 amide bonds. The van der Waals surface area contributed by atoms with Gasteiger partial charge in [0.05, 0.1) is 6.26 Å². The Morgan fingerprint density at radius 1 is 1.44 bits per heavy atom. The van der Waals surface area contributed by atoms with Crippen LogP contribution in [-0.2, 0) is 4.79 Å². The van der Waals surface area contributed by atoms with Crippen molar-refractivity contribution in [3.63, 3.8) is 0 Å². The quantitative estimate of drug-likeness (QED) is 0.807. The highest BCUT2D eigenvalue weighted by atomic mass is 32.2. The molecule has 1 heterocycles. The standard InChI is InChI=1S/C13H12O2S/c1-10(14)16-8-2-3-11-4-5-13-12(9-11)6-7-15-13/h2-7,9H,8H2,1H3. The Bertz CT molecular complexity index is 525. The molecule has 1 aromatic carbocycles. The van der Waals surface area contributed by atoms with E-state index in [1.54, 1.807) is 13.2 Å². The Hall–Kier alpha value is -1.48. The van der Waals surface area contributed by atoms with Gasteiger partial charge in [0.1, 0.15) is 5.58 Å². The maximum Gasteiger partial charge on any atom is 0.186 e. The van der Waals surface area contributed by atoms with E-state index in [1.807, 2.05) is 30.4 Å². The first-order valence-electron chi connectivity index (χ1n) is 5.03. The zero-order valence-electron chi connectivity index (χ0n) is 8.97. The van der Waals surface area contributed by atoms with E-state index >= 15 is 0 Å². The molecule has 0 aliphatic rings. The van der Waals surface area contributed by atoms with Gasteiger partial charge in [-0.1, -0.05) is 30.0 Å². The molecular formula is C13H12O2S. The number of fused-ring (bicyclic) bond motifs is 1. The summed E-state index contributed by atoms with van der Waals surface area (Å²) in [5.41, 5.74) is 2.02. The molecular weight excluding hydrogens is 220 g/mol. The van der Waals surface area contributed by atoms with Gasteiger partial charge in [0.15, 0.2) is 5.12 Å². The third-order valence-corrected chi connectivity index (χ3v) is 2.94. The first-order chi connectivity index (χ1) is 7.75. The summed E-state index contributed by atoms with van der Waals surface area (Å²) in [5.74, 6) is 0.721. The molecule has 3 heteroatoms. The Kier molecular flexibility index (Phi) is 3.47. The van der Waals surface area contributed by atoms with Crippen LogP contribution in [0.5, 0.6) is 0 Å². The van der Waals surface area contributed by atoms with Gasteiger partial charge in [-0.15, -0.1) is 0 Å². The van der Waals surface area contributed by atoms with Crippen LogP contribution in [0.1, 0.15) is 12.5 Å². The molecule has 0 spiro atoms. The van der Waals surface area contributed by atoms with Gasteiger partial charge in [0.25, 0.3) is 0 Å². The number of carbonyl (C=O) groups is 1.